The number of rotatable bonds is 5. The van der Waals surface area contributed by atoms with Gasteiger partial charge >= 0.3 is 0 Å². The minimum absolute atomic E-state index is 0.0348. The molecule has 2 aliphatic rings. The molecule has 2 aromatic carbocycles. The van der Waals surface area contributed by atoms with Gasteiger partial charge < -0.3 is 15.0 Å². The molecule has 0 radical (unpaired) electrons. The van der Waals surface area contributed by atoms with E-state index in [1.165, 1.54) is 12.0 Å². The molecule has 0 bridgehead atoms. The highest BCUT2D eigenvalue weighted by Crippen LogP contribution is 2.37. The molecule has 1 atom stereocenters. The van der Waals surface area contributed by atoms with Crippen LogP contribution in [0.15, 0.2) is 48.5 Å². The van der Waals surface area contributed by atoms with E-state index < -0.39 is 6.10 Å². The first-order valence-corrected chi connectivity index (χ1v) is 10.6. The maximum atomic E-state index is 12.7. The summed E-state index contributed by atoms with van der Waals surface area (Å²) in [6.45, 7) is 2.37. The third-order valence-electron chi connectivity index (χ3n) is 5.88. The van der Waals surface area contributed by atoms with Gasteiger partial charge in [0, 0.05) is 24.2 Å². The molecule has 1 unspecified atom stereocenters. The Kier molecular flexibility index (Phi) is 5.84. The summed E-state index contributed by atoms with van der Waals surface area (Å²) in [6, 6.07) is 15.7. The number of ether oxygens (including phenoxy) is 1. The van der Waals surface area contributed by atoms with Crippen LogP contribution in [0.1, 0.15) is 44.6 Å². The van der Waals surface area contributed by atoms with E-state index >= 15 is 0 Å². The van der Waals surface area contributed by atoms with Gasteiger partial charge in [-0.2, -0.15) is 0 Å². The lowest BCUT2D eigenvalue weighted by atomic mass is 9.88. The Labute approximate surface area is 172 Å². The van der Waals surface area contributed by atoms with Gasteiger partial charge in [-0.3, -0.25) is 9.59 Å². The fourth-order valence-electron chi connectivity index (χ4n) is 4.21. The Morgan fingerprint density at radius 1 is 1.10 bits per heavy atom. The lowest BCUT2D eigenvalue weighted by Crippen LogP contribution is -2.45. The molecule has 1 fully saturated rings. The second-order valence-corrected chi connectivity index (χ2v) is 7.99. The van der Waals surface area contributed by atoms with Gasteiger partial charge in [-0.25, -0.2) is 0 Å². The summed E-state index contributed by atoms with van der Waals surface area (Å²) < 4.78 is 5.85. The Balaban J connectivity index is 1.49. The van der Waals surface area contributed by atoms with Crippen molar-refractivity contribution in [3.8, 4) is 5.75 Å². The standard InChI is InChI=1S/C24H28N2O3/c1-17-24(28)26(15-14-18-8-4-2-5-9-18)21-13-12-20(16-22(21)29-17)25-23(27)19-10-6-3-7-11-19/h2,4-5,8-9,12-13,16-17,19H,3,6-7,10-11,14-15H2,1H3,(H,25,27). The SMILES string of the molecule is CC1Oc2cc(NC(=O)C3CCCCC3)ccc2N(CCc2ccccc2)C1=O. The molecule has 152 valence electrons. The number of nitrogens with zero attached hydrogens (tertiary/aromatic N) is 1. The first-order chi connectivity index (χ1) is 14.1. The largest absolute Gasteiger partial charge is 0.479 e. The fourth-order valence-corrected chi connectivity index (χ4v) is 4.21. The Morgan fingerprint density at radius 2 is 1.86 bits per heavy atom. The zero-order valence-corrected chi connectivity index (χ0v) is 16.9. The van der Waals surface area contributed by atoms with Crippen molar-refractivity contribution in [2.75, 3.05) is 16.8 Å². The molecule has 2 aromatic rings. The quantitative estimate of drug-likeness (QED) is 0.811. The van der Waals surface area contributed by atoms with Gasteiger partial charge in [-0.05, 0) is 43.9 Å². The van der Waals surface area contributed by atoms with Crippen LogP contribution in [0.3, 0.4) is 0 Å². The van der Waals surface area contributed by atoms with Crippen molar-refractivity contribution in [3.63, 3.8) is 0 Å². The number of nitrogens with one attached hydrogen (secondary N) is 1. The normalized spacial score (nSPS) is 19.4. The number of hydrogen-bond donors (Lipinski definition) is 1. The number of anilines is 2. The third-order valence-corrected chi connectivity index (χ3v) is 5.88. The Morgan fingerprint density at radius 3 is 2.62 bits per heavy atom. The predicted molar refractivity (Wildman–Crippen MR) is 114 cm³/mol. The molecule has 0 saturated heterocycles. The topological polar surface area (TPSA) is 58.6 Å². The Bertz CT molecular complexity index is 875. The minimum Gasteiger partial charge on any atom is -0.479 e. The first-order valence-electron chi connectivity index (χ1n) is 10.6. The zero-order valence-electron chi connectivity index (χ0n) is 16.9. The number of carbonyl (C=O) groups is 2. The lowest BCUT2D eigenvalue weighted by Gasteiger charge is -2.33. The number of amides is 2. The summed E-state index contributed by atoms with van der Waals surface area (Å²) in [7, 11) is 0. The van der Waals surface area contributed by atoms with Crippen LogP contribution in [-0.2, 0) is 16.0 Å². The molecule has 5 nitrogen and oxygen atoms in total. The Hall–Kier alpha value is -2.82. The van der Waals surface area contributed by atoms with Gasteiger partial charge in [0.15, 0.2) is 6.10 Å². The lowest BCUT2D eigenvalue weighted by molar-refractivity contribution is -0.125. The highest BCUT2D eigenvalue weighted by atomic mass is 16.5. The van der Waals surface area contributed by atoms with Crippen molar-refractivity contribution in [1.29, 1.82) is 0 Å². The predicted octanol–water partition coefficient (Wildman–Crippen LogP) is 4.56. The number of benzene rings is 2. The molecule has 29 heavy (non-hydrogen) atoms. The highest BCUT2D eigenvalue weighted by Gasteiger charge is 2.31. The average molecular weight is 392 g/mol. The summed E-state index contributed by atoms with van der Waals surface area (Å²) in [4.78, 5) is 27.1. The van der Waals surface area contributed by atoms with Crippen LogP contribution in [0.2, 0.25) is 0 Å². The summed E-state index contributed by atoms with van der Waals surface area (Å²) in [5.41, 5.74) is 2.68. The van der Waals surface area contributed by atoms with E-state index in [0.717, 1.165) is 43.5 Å². The highest BCUT2D eigenvalue weighted by molar-refractivity contribution is 6.01. The smallest absolute Gasteiger partial charge is 0.267 e. The molecule has 5 heteroatoms. The second-order valence-electron chi connectivity index (χ2n) is 7.99. The summed E-state index contributed by atoms with van der Waals surface area (Å²) >= 11 is 0. The van der Waals surface area contributed by atoms with E-state index in [1.807, 2.05) is 36.4 Å². The molecule has 2 amide bonds. The molecule has 1 N–H and O–H groups in total. The molecule has 0 aromatic heterocycles. The van der Waals surface area contributed by atoms with Crippen molar-refractivity contribution in [2.24, 2.45) is 5.92 Å². The van der Waals surface area contributed by atoms with Crippen LogP contribution < -0.4 is 15.0 Å². The van der Waals surface area contributed by atoms with Crippen molar-refractivity contribution in [3.05, 3.63) is 54.1 Å². The second kappa shape index (κ2) is 8.68. The van der Waals surface area contributed by atoms with Gasteiger partial charge in [-0.1, -0.05) is 49.6 Å². The maximum Gasteiger partial charge on any atom is 0.267 e. The molecular formula is C24H28N2O3. The molecule has 0 spiro atoms. The van der Waals surface area contributed by atoms with Crippen LogP contribution in [0.5, 0.6) is 5.75 Å². The van der Waals surface area contributed by atoms with Gasteiger partial charge in [0.05, 0.1) is 5.69 Å². The molecule has 1 saturated carbocycles. The van der Waals surface area contributed by atoms with E-state index in [2.05, 4.69) is 17.4 Å². The van der Waals surface area contributed by atoms with Crippen LogP contribution in [0, 0.1) is 5.92 Å². The van der Waals surface area contributed by atoms with Crippen molar-refractivity contribution >= 4 is 23.2 Å². The van der Waals surface area contributed by atoms with Crippen LogP contribution in [-0.4, -0.2) is 24.5 Å². The number of hydrogen-bond acceptors (Lipinski definition) is 3. The van der Waals surface area contributed by atoms with Crippen molar-refractivity contribution < 1.29 is 14.3 Å². The molecule has 4 rings (SSSR count). The summed E-state index contributed by atoms with van der Waals surface area (Å²) in [5, 5.41) is 3.04. The van der Waals surface area contributed by atoms with Crippen molar-refractivity contribution in [1.82, 2.24) is 0 Å². The minimum atomic E-state index is -0.539. The summed E-state index contributed by atoms with van der Waals surface area (Å²) in [5.74, 6) is 0.799. The molecule has 1 aliphatic carbocycles. The maximum absolute atomic E-state index is 12.7. The van der Waals surface area contributed by atoms with E-state index in [9.17, 15) is 9.59 Å². The zero-order chi connectivity index (χ0) is 20.2. The van der Waals surface area contributed by atoms with E-state index in [0.29, 0.717) is 12.3 Å². The number of fused-ring (bicyclic) bond motifs is 1. The molecule has 1 heterocycles. The van der Waals surface area contributed by atoms with Crippen LogP contribution in [0.4, 0.5) is 11.4 Å². The molecular weight excluding hydrogens is 364 g/mol. The van der Waals surface area contributed by atoms with Crippen LogP contribution in [0.25, 0.3) is 0 Å². The van der Waals surface area contributed by atoms with Gasteiger partial charge in [-0.15, -0.1) is 0 Å². The molecule has 1 aliphatic heterocycles. The van der Waals surface area contributed by atoms with E-state index in [1.54, 1.807) is 11.8 Å². The fraction of sp³-hybridized carbons (Fsp3) is 0.417. The van der Waals surface area contributed by atoms with E-state index in [-0.39, 0.29) is 17.7 Å². The number of carbonyl (C=O) groups excluding carboxylic acids is 2. The summed E-state index contributed by atoms with van der Waals surface area (Å²) in [6.07, 6.45) is 5.64. The van der Waals surface area contributed by atoms with Crippen LogP contribution >= 0.6 is 0 Å². The van der Waals surface area contributed by atoms with E-state index in [4.69, 9.17) is 4.74 Å². The monoisotopic (exact) mass is 392 g/mol. The third kappa shape index (κ3) is 4.44. The average Bonchev–Trinajstić information content (AvgIpc) is 2.75. The van der Waals surface area contributed by atoms with Crippen molar-refractivity contribution in [2.45, 2.75) is 51.6 Å². The van der Waals surface area contributed by atoms with Gasteiger partial charge in [0.2, 0.25) is 5.91 Å². The van der Waals surface area contributed by atoms with Gasteiger partial charge in [0.25, 0.3) is 5.91 Å². The first kappa shape index (κ1) is 19.5. The van der Waals surface area contributed by atoms with Gasteiger partial charge in [0.1, 0.15) is 5.75 Å².